The van der Waals surface area contributed by atoms with E-state index in [2.05, 4.69) is 5.32 Å². The van der Waals surface area contributed by atoms with Crippen LogP contribution in [0, 0.1) is 0 Å². The number of piperidine rings is 1. The molecule has 2 saturated heterocycles. The Morgan fingerprint density at radius 3 is 2.67 bits per heavy atom. The molecule has 3 aliphatic heterocycles. The predicted octanol–water partition coefficient (Wildman–Crippen LogP) is 1.30. The average molecular weight is 424 g/mol. The first-order valence-electron chi connectivity index (χ1n) is 9.94. The first-order valence-corrected chi connectivity index (χ1v) is 9.94. The molecule has 4 rings (SSSR count). The summed E-state index contributed by atoms with van der Waals surface area (Å²) in [7, 11) is 0. The van der Waals surface area contributed by atoms with Crippen molar-refractivity contribution in [3.63, 3.8) is 0 Å². The number of nitrogens with zero attached hydrogens (tertiary/aromatic N) is 2. The predicted molar refractivity (Wildman–Crippen MR) is 100.0 cm³/mol. The number of nitrogens with one attached hydrogen (secondary N) is 1. The van der Waals surface area contributed by atoms with Gasteiger partial charge >= 0.3 is 6.18 Å². The van der Waals surface area contributed by atoms with Crippen molar-refractivity contribution in [1.29, 1.82) is 0 Å². The summed E-state index contributed by atoms with van der Waals surface area (Å²) in [4.78, 5) is 39.2. The molecule has 2 atom stereocenters. The molecule has 0 saturated carbocycles. The molecule has 0 aromatic heterocycles. The van der Waals surface area contributed by atoms with E-state index >= 15 is 0 Å². The molecule has 3 N–H and O–H groups in total. The smallest absolute Gasteiger partial charge is 0.328 e. The molecule has 2 unspecified atom stereocenters. The zero-order valence-electron chi connectivity index (χ0n) is 16.3. The molecule has 10 heteroatoms. The third kappa shape index (κ3) is 3.27. The fourth-order valence-corrected chi connectivity index (χ4v) is 4.75. The quantitative estimate of drug-likeness (QED) is 0.711. The fourth-order valence-electron chi connectivity index (χ4n) is 4.75. The summed E-state index contributed by atoms with van der Waals surface area (Å²) in [6, 6.07) is 4.33. The van der Waals surface area contributed by atoms with Gasteiger partial charge in [-0.15, -0.1) is 0 Å². The van der Waals surface area contributed by atoms with E-state index < -0.39 is 30.2 Å². The maximum atomic E-state index is 13.7. The maximum absolute atomic E-state index is 13.7. The number of halogens is 3. The first-order chi connectivity index (χ1) is 14.2. The number of fused-ring (bicyclic) bond motifs is 1. The van der Waals surface area contributed by atoms with Crippen LogP contribution in [0.2, 0.25) is 0 Å². The van der Waals surface area contributed by atoms with Crippen molar-refractivity contribution in [3.8, 4) is 0 Å². The molecule has 1 aromatic carbocycles. The van der Waals surface area contributed by atoms with Crippen molar-refractivity contribution in [2.75, 3.05) is 13.1 Å². The van der Waals surface area contributed by atoms with Gasteiger partial charge in [0.05, 0.1) is 0 Å². The van der Waals surface area contributed by atoms with Crippen LogP contribution in [0.1, 0.15) is 47.2 Å². The number of rotatable bonds is 4. The van der Waals surface area contributed by atoms with Gasteiger partial charge in [0, 0.05) is 31.6 Å². The number of amides is 3. The minimum absolute atomic E-state index is 0.0374. The van der Waals surface area contributed by atoms with E-state index in [4.69, 9.17) is 5.73 Å². The minimum atomic E-state index is -4.44. The molecule has 0 spiro atoms. The summed E-state index contributed by atoms with van der Waals surface area (Å²) < 4.78 is 41.2. The van der Waals surface area contributed by atoms with Crippen LogP contribution in [-0.4, -0.2) is 58.4 Å². The normalized spacial score (nSPS) is 27.5. The number of benzene rings is 1. The van der Waals surface area contributed by atoms with Crippen molar-refractivity contribution < 1.29 is 27.6 Å². The Balaban J connectivity index is 1.54. The van der Waals surface area contributed by atoms with Crippen molar-refractivity contribution in [2.45, 2.75) is 56.5 Å². The Kier molecular flexibility index (Phi) is 5.09. The van der Waals surface area contributed by atoms with Crippen molar-refractivity contribution in [1.82, 2.24) is 15.1 Å². The van der Waals surface area contributed by atoms with Crippen LogP contribution in [0.3, 0.4) is 0 Å². The number of hydrogen-bond donors (Lipinski definition) is 2. The lowest BCUT2D eigenvalue weighted by atomic mass is 9.94. The Bertz CT molecular complexity index is 904. The lowest BCUT2D eigenvalue weighted by molar-refractivity contribution is -0.221. The summed E-state index contributed by atoms with van der Waals surface area (Å²) in [5, 5.41) is 2.25. The van der Waals surface area contributed by atoms with E-state index in [1.807, 2.05) is 0 Å². The number of alkyl halides is 3. The molecular formula is C20H23F3N4O3. The molecule has 0 bridgehead atoms. The van der Waals surface area contributed by atoms with Gasteiger partial charge in [0.1, 0.15) is 11.6 Å². The van der Waals surface area contributed by atoms with Gasteiger partial charge < -0.3 is 10.6 Å². The zero-order chi connectivity index (χ0) is 21.7. The largest absolute Gasteiger partial charge is 0.408 e. The second-order valence-electron chi connectivity index (χ2n) is 8.15. The molecule has 2 fully saturated rings. The molecule has 3 amide bonds. The highest BCUT2D eigenvalue weighted by Crippen LogP contribution is 2.43. The topological polar surface area (TPSA) is 95.7 Å². The van der Waals surface area contributed by atoms with Crippen LogP contribution >= 0.6 is 0 Å². The van der Waals surface area contributed by atoms with Gasteiger partial charge in [0.25, 0.3) is 5.91 Å². The summed E-state index contributed by atoms with van der Waals surface area (Å²) in [5.41, 5.74) is 5.21. The van der Waals surface area contributed by atoms with E-state index in [1.165, 1.54) is 9.80 Å². The van der Waals surface area contributed by atoms with E-state index in [1.54, 1.807) is 18.2 Å². The molecule has 30 heavy (non-hydrogen) atoms. The Labute approximate surface area is 171 Å². The number of imide groups is 1. The minimum Gasteiger partial charge on any atom is -0.328 e. The maximum Gasteiger partial charge on any atom is 0.408 e. The molecule has 7 nitrogen and oxygen atoms in total. The summed E-state index contributed by atoms with van der Waals surface area (Å²) in [6.45, 7) is 0.0449. The van der Waals surface area contributed by atoms with Crippen LogP contribution in [0.5, 0.6) is 0 Å². The molecule has 0 radical (unpaired) electrons. The van der Waals surface area contributed by atoms with Gasteiger partial charge in [0.15, 0.2) is 0 Å². The molecule has 3 heterocycles. The van der Waals surface area contributed by atoms with E-state index in [0.29, 0.717) is 17.5 Å². The van der Waals surface area contributed by atoms with Gasteiger partial charge in [-0.05, 0) is 43.0 Å². The molecule has 3 aliphatic rings. The first kappa shape index (κ1) is 20.8. The molecule has 0 aliphatic carbocycles. The van der Waals surface area contributed by atoms with Crippen molar-refractivity contribution in [2.24, 2.45) is 5.73 Å². The average Bonchev–Trinajstić information content (AvgIpc) is 3.24. The highest BCUT2D eigenvalue weighted by molar-refractivity contribution is 6.05. The third-order valence-corrected chi connectivity index (χ3v) is 6.46. The summed E-state index contributed by atoms with van der Waals surface area (Å²) in [5.74, 6) is -1.20. The second-order valence-corrected chi connectivity index (χ2v) is 8.15. The Hall–Kier alpha value is -2.46. The number of likely N-dealkylation sites (tertiary alicyclic amines) is 1. The third-order valence-electron chi connectivity index (χ3n) is 6.46. The van der Waals surface area contributed by atoms with E-state index in [0.717, 1.165) is 5.56 Å². The van der Waals surface area contributed by atoms with Gasteiger partial charge in [-0.25, -0.2) is 0 Å². The lowest BCUT2D eigenvalue weighted by Crippen LogP contribution is -2.59. The number of nitrogens with two attached hydrogens (primary N) is 1. The summed E-state index contributed by atoms with van der Waals surface area (Å²) in [6.07, 6.45) is -3.65. The molecule has 162 valence electrons. The Morgan fingerprint density at radius 1 is 1.23 bits per heavy atom. The van der Waals surface area contributed by atoms with Crippen LogP contribution in [0.4, 0.5) is 13.2 Å². The fraction of sp³-hybridized carbons (Fsp3) is 0.550. The number of hydrogen-bond acceptors (Lipinski definition) is 5. The van der Waals surface area contributed by atoms with Crippen LogP contribution in [0.15, 0.2) is 18.2 Å². The lowest BCUT2D eigenvalue weighted by Gasteiger charge is -2.39. The molecular weight excluding hydrogens is 401 g/mol. The van der Waals surface area contributed by atoms with Gasteiger partial charge in [-0.2, -0.15) is 13.2 Å². The summed E-state index contributed by atoms with van der Waals surface area (Å²) >= 11 is 0. The highest BCUT2D eigenvalue weighted by Gasteiger charge is 2.59. The second kappa shape index (κ2) is 7.35. The van der Waals surface area contributed by atoms with Gasteiger partial charge in [0.2, 0.25) is 11.8 Å². The van der Waals surface area contributed by atoms with E-state index in [9.17, 15) is 27.6 Å². The standard InChI is InChI=1S/C20H23F3N4O3/c21-20(22,23)19(11-24)6-1-7-26(19)9-12-2-3-13-10-27(18(30)14(13)8-12)15-4-5-16(28)25-17(15)29/h2-3,8,15H,1,4-7,9-11,24H2,(H,25,28,29). The zero-order valence-corrected chi connectivity index (χ0v) is 16.3. The van der Waals surface area contributed by atoms with Gasteiger partial charge in [-0.1, -0.05) is 12.1 Å². The number of carbonyl (C=O) groups excluding carboxylic acids is 3. The Morgan fingerprint density at radius 2 is 2.00 bits per heavy atom. The van der Waals surface area contributed by atoms with Crippen LogP contribution < -0.4 is 11.1 Å². The number of carbonyl (C=O) groups is 3. The van der Waals surface area contributed by atoms with Crippen LogP contribution in [-0.2, 0) is 22.7 Å². The van der Waals surface area contributed by atoms with Crippen LogP contribution in [0.25, 0.3) is 0 Å². The SMILES string of the molecule is NCC1(C(F)(F)F)CCCN1Cc1ccc2c(c1)C(=O)N(C1CCC(=O)NC1=O)C2. The van der Waals surface area contributed by atoms with Crippen molar-refractivity contribution >= 4 is 17.7 Å². The van der Waals surface area contributed by atoms with E-state index in [-0.39, 0.29) is 50.7 Å². The molecule has 1 aromatic rings. The van der Waals surface area contributed by atoms with Crippen molar-refractivity contribution in [3.05, 3.63) is 34.9 Å². The highest BCUT2D eigenvalue weighted by atomic mass is 19.4. The van der Waals surface area contributed by atoms with Gasteiger partial charge in [-0.3, -0.25) is 24.6 Å². The monoisotopic (exact) mass is 424 g/mol.